The van der Waals surface area contributed by atoms with Crippen LogP contribution in [0.25, 0.3) is 11.6 Å². The second kappa shape index (κ2) is 6.11. The van der Waals surface area contributed by atoms with Gasteiger partial charge >= 0.3 is 0 Å². The molecule has 0 amide bonds. The van der Waals surface area contributed by atoms with Crippen LogP contribution in [0.4, 0.5) is 5.95 Å². The molecular formula is C15H20N6. The van der Waals surface area contributed by atoms with Gasteiger partial charge in [-0.3, -0.25) is 0 Å². The fraction of sp³-hybridized carbons (Fsp3) is 0.533. The molecule has 0 aromatic carbocycles. The van der Waals surface area contributed by atoms with Gasteiger partial charge in [0.2, 0.25) is 11.8 Å². The van der Waals surface area contributed by atoms with Crippen LogP contribution < -0.4 is 5.73 Å². The highest BCUT2D eigenvalue weighted by Crippen LogP contribution is 2.30. The van der Waals surface area contributed by atoms with E-state index >= 15 is 0 Å². The van der Waals surface area contributed by atoms with Crippen LogP contribution in [0.2, 0.25) is 0 Å². The van der Waals surface area contributed by atoms with Gasteiger partial charge in [-0.2, -0.15) is 9.97 Å². The standard InChI is InChI=1S/C15H20N6/c1-10-8-17-13(18-9-10)14-19-12(20-15(16)21-14)11-6-4-2-3-5-7-11/h8-9,11H,2-7H2,1H3,(H2,16,19,20,21). The van der Waals surface area contributed by atoms with Crippen LogP contribution >= 0.6 is 0 Å². The number of nitrogens with zero attached hydrogens (tertiary/aromatic N) is 5. The minimum Gasteiger partial charge on any atom is -0.368 e. The first-order valence-corrected chi connectivity index (χ1v) is 7.53. The Morgan fingerprint density at radius 1 is 0.905 bits per heavy atom. The largest absolute Gasteiger partial charge is 0.368 e. The van der Waals surface area contributed by atoms with Crippen LogP contribution in [0.1, 0.15) is 55.8 Å². The Balaban J connectivity index is 1.93. The number of rotatable bonds is 2. The van der Waals surface area contributed by atoms with Crippen molar-refractivity contribution in [3.05, 3.63) is 23.8 Å². The van der Waals surface area contributed by atoms with Crippen molar-refractivity contribution in [1.29, 1.82) is 0 Å². The van der Waals surface area contributed by atoms with E-state index in [-0.39, 0.29) is 5.95 Å². The predicted molar refractivity (Wildman–Crippen MR) is 80.4 cm³/mol. The number of hydrogen-bond acceptors (Lipinski definition) is 6. The van der Waals surface area contributed by atoms with Gasteiger partial charge in [-0.05, 0) is 25.3 Å². The molecule has 3 rings (SSSR count). The van der Waals surface area contributed by atoms with Gasteiger partial charge in [-0.1, -0.05) is 25.7 Å². The molecule has 2 aromatic rings. The molecule has 6 heteroatoms. The number of hydrogen-bond donors (Lipinski definition) is 1. The molecule has 0 bridgehead atoms. The highest BCUT2D eigenvalue weighted by Gasteiger charge is 2.19. The molecule has 1 saturated carbocycles. The average molecular weight is 284 g/mol. The summed E-state index contributed by atoms with van der Waals surface area (Å²) in [6.07, 6.45) is 10.8. The Morgan fingerprint density at radius 2 is 1.57 bits per heavy atom. The summed E-state index contributed by atoms with van der Waals surface area (Å²) in [7, 11) is 0. The van der Waals surface area contributed by atoms with Crippen molar-refractivity contribution in [2.45, 2.75) is 51.4 Å². The molecule has 2 heterocycles. The molecule has 0 atom stereocenters. The van der Waals surface area contributed by atoms with Crippen LogP contribution in [0.5, 0.6) is 0 Å². The molecule has 2 aromatic heterocycles. The zero-order valence-corrected chi connectivity index (χ0v) is 12.3. The van der Waals surface area contributed by atoms with E-state index < -0.39 is 0 Å². The first kappa shape index (κ1) is 13.9. The first-order valence-electron chi connectivity index (χ1n) is 7.53. The van der Waals surface area contributed by atoms with Gasteiger partial charge in [-0.25, -0.2) is 15.0 Å². The maximum Gasteiger partial charge on any atom is 0.223 e. The van der Waals surface area contributed by atoms with E-state index in [1.54, 1.807) is 12.4 Å². The van der Waals surface area contributed by atoms with Crippen molar-refractivity contribution in [1.82, 2.24) is 24.9 Å². The van der Waals surface area contributed by atoms with Crippen molar-refractivity contribution < 1.29 is 0 Å². The van der Waals surface area contributed by atoms with Crippen LogP contribution in [0.15, 0.2) is 12.4 Å². The zero-order valence-electron chi connectivity index (χ0n) is 12.3. The van der Waals surface area contributed by atoms with E-state index in [0.29, 0.717) is 17.6 Å². The lowest BCUT2D eigenvalue weighted by molar-refractivity contribution is 0.559. The maximum atomic E-state index is 5.85. The minimum atomic E-state index is 0.253. The molecule has 21 heavy (non-hydrogen) atoms. The Hall–Kier alpha value is -2.11. The summed E-state index contributed by atoms with van der Waals surface area (Å²) in [5.41, 5.74) is 6.86. The molecule has 0 saturated heterocycles. The molecule has 1 fully saturated rings. The quantitative estimate of drug-likeness (QED) is 0.852. The Labute approximate surface area is 124 Å². The molecule has 2 N–H and O–H groups in total. The average Bonchev–Trinajstić information content (AvgIpc) is 2.76. The maximum absolute atomic E-state index is 5.85. The van der Waals surface area contributed by atoms with Gasteiger partial charge in [0.15, 0.2) is 5.82 Å². The normalized spacial score (nSPS) is 16.6. The summed E-state index contributed by atoms with van der Waals surface area (Å²) >= 11 is 0. The molecule has 0 aliphatic heterocycles. The van der Waals surface area contributed by atoms with E-state index in [1.807, 2.05) is 6.92 Å². The van der Waals surface area contributed by atoms with Gasteiger partial charge < -0.3 is 5.73 Å². The molecule has 1 aliphatic carbocycles. The predicted octanol–water partition coefficient (Wildman–Crippen LogP) is 2.66. The van der Waals surface area contributed by atoms with Gasteiger partial charge in [0.05, 0.1) is 0 Å². The highest BCUT2D eigenvalue weighted by molar-refractivity contribution is 5.44. The summed E-state index contributed by atoms with van der Waals surface area (Å²) in [5.74, 6) is 2.40. The van der Waals surface area contributed by atoms with E-state index in [9.17, 15) is 0 Å². The van der Waals surface area contributed by atoms with E-state index in [0.717, 1.165) is 24.2 Å². The summed E-state index contributed by atoms with van der Waals surface area (Å²) in [5, 5.41) is 0. The van der Waals surface area contributed by atoms with Gasteiger partial charge in [0.25, 0.3) is 0 Å². The smallest absolute Gasteiger partial charge is 0.223 e. The van der Waals surface area contributed by atoms with E-state index in [1.165, 1.54) is 25.7 Å². The molecule has 1 aliphatic rings. The fourth-order valence-corrected chi connectivity index (χ4v) is 2.74. The number of nitrogens with two attached hydrogens (primary N) is 1. The van der Waals surface area contributed by atoms with Crippen molar-refractivity contribution in [3.63, 3.8) is 0 Å². The SMILES string of the molecule is Cc1cnc(-c2nc(N)nc(C3CCCCCC3)n2)nc1. The second-order valence-corrected chi connectivity index (χ2v) is 5.65. The van der Waals surface area contributed by atoms with Crippen molar-refractivity contribution in [2.24, 2.45) is 0 Å². The summed E-state index contributed by atoms with van der Waals surface area (Å²) in [6.45, 7) is 1.95. The molecule has 0 radical (unpaired) electrons. The molecule has 110 valence electrons. The molecular weight excluding hydrogens is 264 g/mol. The third-order valence-corrected chi connectivity index (χ3v) is 3.87. The lowest BCUT2D eigenvalue weighted by Crippen LogP contribution is -2.10. The highest BCUT2D eigenvalue weighted by atomic mass is 15.1. The van der Waals surface area contributed by atoms with Gasteiger partial charge in [0.1, 0.15) is 5.82 Å². The molecule has 0 unspecified atom stereocenters. The van der Waals surface area contributed by atoms with Gasteiger partial charge in [0, 0.05) is 18.3 Å². The van der Waals surface area contributed by atoms with Crippen LogP contribution in [0, 0.1) is 6.92 Å². The number of aryl methyl sites for hydroxylation is 1. The topological polar surface area (TPSA) is 90.5 Å². The first-order chi connectivity index (χ1) is 10.2. The van der Waals surface area contributed by atoms with Crippen molar-refractivity contribution >= 4 is 5.95 Å². The monoisotopic (exact) mass is 284 g/mol. The third kappa shape index (κ3) is 3.32. The van der Waals surface area contributed by atoms with Crippen LogP contribution in [-0.2, 0) is 0 Å². The van der Waals surface area contributed by atoms with E-state index in [4.69, 9.17) is 5.73 Å². The number of anilines is 1. The minimum absolute atomic E-state index is 0.253. The third-order valence-electron chi connectivity index (χ3n) is 3.87. The lowest BCUT2D eigenvalue weighted by Gasteiger charge is -2.13. The van der Waals surface area contributed by atoms with E-state index in [2.05, 4.69) is 24.9 Å². The Morgan fingerprint density at radius 3 is 2.24 bits per heavy atom. The lowest BCUT2D eigenvalue weighted by atomic mass is 10.00. The van der Waals surface area contributed by atoms with Crippen molar-refractivity contribution in [2.75, 3.05) is 5.73 Å². The molecule has 6 nitrogen and oxygen atoms in total. The second-order valence-electron chi connectivity index (χ2n) is 5.65. The van der Waals surface area contributed by atoms with Crippen LogP contribution in [-0.4, -0.2) is 24.9 Å². The number of aromatic nitrogens is 5. The zero-order chi connectivity index (χ0) is 14.7. The summed E-state index contributed by atoms with van der Waals surface area (Å²) < 4.78 is 0. The number of nitrogen functional groups attached to an aromatic ring is 1. The summed E-state index contributed by atoms with van der Waals surface area (Å²) in [6, 6.07) is 0. The van der Waals surface area contributed by atoms with Crippen LogP contribution in [0.3, 0.4) is 0 Å². The fourth-order valence-electron chi connectivity index (χ4n) is 2.74. The molecule has 0 spiro atoms. The van der Waals surface area contributed by atoms with Gasteiger partial charge in [-0.15, -0.1) is 0 Å². The Kier molecular flexibility index (Phi) is 4.03. The van der Waals surface area contributed by atoms with Crippen molar-refractivity contribution in [3.8, 4) is 11.6 Å². The summed E-state index contributed by atoms with van der Waals surface area (Å²) in [4.78, 5) is 21.6. The Bertz CT molecular complexity index is 602.